The predicted octanol–water partition coefficient (Wildman–Crippen LogP) is 5.50. The van der Waals surface area contributed by atoms with E-state index in [0.29, 0.717) is 27.6 Å². The van der Waals surface area contributed by atoms with Crippen LogP contribution in [0.1, 0.15) is 47.0 Å². The van der Waals surface area contributed by atoms with E-state index in [0.717, 1.165) is 12.8 Å². The summed E-state index contributed by atoms with van der Waals surface area (Å²) < 4.78 is 13.3. The van der Waals surface area contributed by atoms with Gasteiger partial charge in [-0.3, -0.25) is 0 Å². The first kappa shape index (κ1) is 14.6. The molecule has 1 aromatic rings. The summed E-state index contributed by atoms with van der Waals surface area (Å²) in [5.41, 5.74) is 1.32. The van der Waals surface area contributed by atoms with Crippen molar-refractivity contribution < 1.29 is 4.39 Å². The zero-order valence-electron chi connectivity index (χ0n) is 12.2. The standard InChI is InChI=1S/C16H23ClFN/c1-15(2)8-12(9-16(3,4)10-15)19-14-7-11(18)5-6-13(14)17/h5-7,12,19H,8-10H2,1-4H3. The molecule has 1 nitrogen and oxygen atoms in total. The van der Waals surface area contributed by atoms with E-state index in [1.54, 1.807) is 6.07 Å². The van der Waals surface area contributed by atoms with Gasteiger partial charge < -0.3 is 5.32 Å². The Morgan fingerprint density at radius 2 is 1.74 bits per heavy atom. The molecule has 1 saturated carbocycles. The number of anilines is 1. The predicted molar refractivity (Wildman–Crippen MR) is 80.2 cm³/mol. The molecular formula is C16H23ClFN. The zero-order chi connectivity index (χ0) is 14.3. The summed E-state index contributed by atoms with van der Waals surface area (Å²) >= 11 is 6.13. The molecule has 0 spiro atoms. The van der Waals surface area contributed by atoms with E-state index < -0.39 is 0 Å². The van der Waals surface area contributed by atoms with Gasteiger partial charge in [-0.15, -0.1) is 0 Å². The lowest BCUT2D eigenvalue weighted by atomic mass is 9.63. The lowest BCUT2D eigenvalue weighted by molar-refractivity contribution is 0.105. The van der Waals surface area contributed by atoms with Gasteiger partial charge in [-0.05, 0) is 48.3 Å². The van der Waals surface area contributed by atoms with E-state index >= 15 is 0 Å². The molecule has 0 aromatic heterocycles. The van der Waals surface area contributed by atoms with Crippen molar-refractivity contribution in [3.05, 3.63) is 29.0 Å². The molecule has 1 aliphatic rings. The van der Waals surface area contributed by atoms with Crippen molar-refractivity contribution in [1.82, 2.24) is 0 Å². The lowest BCUT2D eigenvalue weighted by Gasteiger charge is -2.45. The molecule has 0 atom stereocenters. The highest BCUT2D eigenvalue weighted by atomic mass is 35.5. The zero-order valence-corrected chi connectivity index (χ0v) is 12.9. The molecule has 19 heavy (non-hydrogen) atoms. The molecule has 1 fully saturated rings. The summed E-state index contributed by atoms with van der Waals surface area (Å²) in [5, 5.41) is 4.01. The van der Waals surface area contributed by atoms with Crippen molar-refractivity contribution in [3.8, 4) is 0 Å². The van der Waals surface area contributed by atoms with E-state index in [4.69, 9.17) is 11.6 Å². The number of hydrogen-bond acceptors (Lipinski definition) is 1. The van der Waals surface area contributed by atoms with Crippen LogP contribution in [0.3, 0.4) is 0 Å². The monoisotopic (exact) mass is 283 g/mol. The van der Waals surface area contributed by atoms with Gasteiger partial charge in [0.15, 0.2) is 0 Å². The summed E-state index contributed by atoms with van der Waals surface area (Å²) in [4.78, 5) is 0. The third-order valence-electron chi connectivity index (χ3n) is 3.84. The Balaban J connectivity index is 2.16. The van der Waals surface area contributed by atoms with Crippen LogP contribution in [0.5, 0.6) is 0 Å². The molecule has 1 aliphatic carbocycles. The van der Waals surface area contributed by atoms with E-state index in [9.17, 15) is 4.39 Å². The summed E-state index contributed by atoms with van der Waals surface area (Å²) in [6.45, 7) is 9.21. The van der Waals surface area contributed by atoms with Crippen LogP contribution in [0.2, 0.25) is 5.02 Å². The minimum Gasteiger partial charge on any atom is -0.381 e. The second-order valence-electron chi connectivity index (χ2n) is 7.38. The van der Waals surface area contributed by atoms with Gasteiger partial charge in [0.05, 0.1) is 10.7 Å². The fourth-order valence-corrected chi connectivity index (χ4v) is 3.95. The normalized spacial score (nSPS) is 22.2. The Morgan fingerprint density at radius 3 is 2.32 bits per heavy atom. The molecule has 0 heterocycles. The van der Waals surface area contributed by atoms with Crippen LogP contribution in [-0.2, 0) is 0 Å². The quantitative estimate of drug-likeness (QED) is 0.756. The Bertz CT molecular complexity index is 452. The van der Waals surface area contributed by atoms with E-state index in [-0.39, 0.29) is 5.82 Å². The van der Waals surface area contributed by atoms with E-state index in [2.05, 4.69) is 33.0 Å². The topological polar surface area (TPSA) is 12.0 Å². The van der Waals surface area contributed by atoms with Crippen LogP contribution in [0.15, 0.2) is 18.2 Å². The maximum atomic E-state index is 13.3. The highest BCUT2D eigenvalue weighted by Gasteiger charge is 2.38. The second-order valence-corrected chi connectivity index (χ2v) is 7.79. The summed E-state index contributed by atoms with van der Waals surface area (Å²) in [6.07, 6.45) is 3.39. The average molecular weight is 284 g/mol. The largest absolute Gasteiger partial charge is 0.381 e. The number of rotatable bonds is 2. The van der Waals surface area contributed by atoms with Gasteiger partial charge in [0.25, 0.3) is 0 Å². The maximum absolute atomic E-state index is 13.3. The highest BCUT2D eigenvalue weighted by molar-refractivity contribution is 6.33. The molecule has 0 amide bonds. The Labute approximate surface area is 120 Å². The highest BCUT2D eigenvalue weighted by Crippen LogP contribution is 2.46. The lowest BCUT2D eigenvalue weighted by Crippen LogP contribution is -2.40. The van der Waals surface area contributed by atoms with Crippen LogP contribution < -0.4 is 5.32 Å². The summed E-state index contributed by atoms with van der Waals surface area (Å²) in [5.74, 6) is -0.249. The van der Waals surface area contributed by atoms with Gasteiger partial charge >= 0.3 is 0 Å². The van der Waals surface area contributed by atoms with Gasteiger partial charge in [-0.25, -0.2) is 4.39 Å². The van der Waals surface area contributed by atoms with Crippen LogP contribution >= 0.6 is 11.6 Å². The molecule has 0 radical (unpaired) electrons. The van der Waals surface area contributed by atoms with E-state index in [1.807, 2.05) is 0 Å². The molecule has 1 aromatic carbocycles. The number of hydrogen-bond donors (Lipinski definition) is 1. The van der Waals surface area contributed by atoms with E-state index in [1.165, 1.54) is 18.6 Å². The second kappa shape index (κ2) is 4.97. The van der Waals surface area contributed by atoms with Crippen molar-refractivity contribution in [2.24, 2.45) is 10.8 Å². The molecular weight excluding hydrogens is 261 g/mol. The average Bonchev–Trinajstić information content (AvgIpc) is 2.18. The third kappa shape index (κ3) is 3.85. The molecule has 0 saturated heterocycles. The van der Waals surface area contributed by atoms with Crippen molar-refractivity contribution >= 4 is 17.3 Å². The first-order chi connectivity index (χ1) is 8.67. The molecule has 0 aliphatic heterocycles. The van der Waals surface area contributed by atoms with Crippen molar-refractivity contribution in [3.63, 3.8) is 0 Å². The number of nitrogens with one attached hydrogen (secondary N) is 1. The smallest absolute Gasteiger partial charge is 0.125 e. The Hall–Kier alpha value is -0.760. The summed E-state index contributed by atoms with van der Waals surface area (Å²) in [7, 11) is 0. The molecule has 0 bridgehead atoms. The Kier molecular flexibility index (Phi) is 3.83. The summed E-state index contributed by atoms with van der Waals surface area (Å²) in [6, 6.07) is 4.83. The van der Waals surface area contributed by atoms with Gasteiger partial charge in [-0.1, -0.05) is 39.3 Å². The van der Waals surface area contributed by atoms with Crippen molar-refractivity contribution in [2.45, 2.75) is 53.0 Å². The first-order valence-electron chi connectivity index (χ1n) is 6.89. The first-order valence-corrected chi connectivity index (χ1v) is 7.26. The van der Waals surface area contributed by atoms with Gasteiger partial charge in [0.2, 0.25) is 0 Å². The Morgan fingerprint density at radius 1 is 1.16 bits per heavy atom. The molecule has 0 unspecified atom stereocenters. The number of halogens is 2. The molecule has 3 heteroatoms. The van der Waals surface area contributed by atoms with Gasteiger partial charge in [0.1, 0.15) is 5.82 Å². The third-order valence-corrected chi connectivity index (χ3v) is 4.17. The van der Waals surface area contributed by atoms with Gasteiger partial charge in [-0.2, -0.15) is 0 Å². The molecule has 2 rings (SSSR count). The molecule has 1 N–H and O–H groups in total. The fourth-order valence-electron chi connectivity index (χ4n) is 3.78. The minimum absolute atomic E-state index is 0.249. The van der Waals surface area contributed by atoms with Crippen LogP contribution in [0.4, 0.5) is 10.1 Å². The number of benzene rings is 1. The van der Waals surface area contributed by atoms with Crippen LogP contribution in [0.25, 0.3) is 0 Å². The molecule has 106 valence electrons. The van der Waals surface area contributed by atoms with Crippen molar-refractivity contribution in [2.75, 3.05) is 5.32 Å². The van der Waals surface area contributed by atoms with Crippen LogP contribution in [-0.4, -0.2) is 6.04 Å². The van der Waals surface area contributed by atoms with Crippen LogP contribution in [0, 0.1) is 16.6 Å². The SMILES string of the molecule is CC1(C)CC(Nc2cc(F)ccc2Cl)CC(C)(C)C1. The van der Waals surface area contributed by atoms with Gasteiger partial charge in [0, 0.05) is 6.04 Å². The maximum Gasteiger partial charge on any atom is 0.125 e. The minimum atomic E-state index is -0.249. The van der Waals surface area contributed by atoms with Crippen molar-refractivity contribution in [1.29, 1.82) is 0 Å². The fraction of sp³-hybridized carbons (Fsp3) is 0.625.